The molecular formula is C29H27NO5S. The number of hydrogen-bond donors (Lipinski definition) is 1. The highest BCUT2D eigenvalue weighted by atomic mass is 32.1. The number of benzene rings is 3. The van der Waals surface area contributed by atoms with E-state index in [1.54, 1.807) is 0 Å². The fraction of sp³-hybridized carbons (Fsp3) is 0.172. The Morgan fingerprint density at radius 1 is 0.861 bits per heavy atom. The maximum atomic E-state index is 12.9. The van der Waals surface area contributed by atoms with Crippen molar-refractivity contribution in [1.82, 2.24) is 0 Å². The van der Waals surface area contributed by atoms with E-state index < -0.39 is 5.97 Å². The summed E-state index contributed by atoms with van der Waals surface area (Å²) in [7, 11) is 1.33. The second-order valence-electron chi connectivity index (χ2n) is 7.89. The minimum atomic E-state index is -0.520. The molecule has 0 atom stereocenters. The number of amides is 1. The molecule has 0 unspecified atom stereocenters. The summed E-state index contributed by atoms with van der Waals surface area (Å²) in [4.78, 5) is 26.5. The van der Waals surface area contributed by atoms with E-state index >= 15 is 0 Å². The lowest BCUT2D eigenvalue weighted by molar-refractivity contribution is -0.118. The lowest BCUT2D eigenvalue weighted by atomic mass is 10.0. The number of ether oxygens (including phenoxy) is 3. The molecule has 0 aliphatic rings. The largest absolute Gasteiger partial charge is 0.494 e. The van der Waals surface area contributed by atoms with Gasteiger partial charge in [0.1, 0.15) is 22.1 Å². The van der Waals surface area contributed by atoms with Crippen LogP contribution in [-0.4, -0.2) is 32.2 Å². The summed E-state index contributed by atoms with van der Waals surface area (Å²) in [6.07, 6.45) is 0. The quantitative estimate of drug-likeness (QED) is 0.262. The molecule has 184 valence electrons. The zero-order valence-electron chi connectivity index (χ0n) is 20.4. The first-order valence-electron chi connectivity index (χ1n) is 11.5. The van der Waals surface area contributed by atoms with Gasteiger partial charge in [0.2, 0.25) is 0 Å². The minimum Gasteiger partial charge on any atom is -0.494 e. The molecule has 0 saturated heterocycles. The van der Waals surface area contributed by atoms with Gasteiger partial charge in [-0.15, -0.1) is 11.3 Å². The van der Waals surface area contributed by atoms with Gasteiger partial charge in [-0.1, -0.05) is 60.7 Å². The molecular weight excluding hydrogens is 474 g/mol. The second kappa shape index (κ2) is 11.6. The molecule has 1 aromatic heterocycles. The molecule has 4 aromatic rings. The molecule has 36 heavy (non-hydrogen) atoms. The molecule has 0 aliphatic carbocycles. The first-order chi connectivity index (χ1) is 17.5. The molecule has 1 amide bonds. The van der Waals surface area contributed by atoms with E-state index in [-0.39, 0.29) is 12.5 Å². The van der Waals surface area contributed by atoms with E-state index in [4.69, 9.17) is 14.2 Å². The van der Waals surface area contributed by atoms with Gasteiger partial charge in [0.25, 0.3) is 5.91 Å². The highest BCUT2D eigenvalue weighted by Gasteiger charge is 2.25. The smallest absolute Gasteiger partial charge is 0.341 e. The van der Waals surface area contributed by atoms with Crippen LogP contribution < -0.4 is 14.8 Å². The third-order valence-electron chi connectivity index (χ3n) is 5.51. The molecule has 0 radical (unpaired) electrons. The number of methoxy groups -OCH3 is 1. The summed E-state index contributed by atoms with van der Waals surface area (Å²) >= 11 is 1.32. The van der Waals surface area contributed by atoms with Crippen LogP contribution in [0.25, 0.3) is 22.3 Å². The maximum Gasteiger partial charge on any atom is 0.341 e. The van der Waals surface area contributed by atoms with Crippen LogP contribution in [0, 0.1) is 6.92 Å². The fourth-order valence-corrected chi connectivity index (χ4v) is 5.00. The molecule has 3 aromatic carbocycles. The van der Waals surface area contributed by atoms with Crippen LogP contribution in [-0.2, 0) is 9.53 Å². The van der Waals surface area contributed by atoms with Crippen molar-refractivity contribution in [2.24, 2.45) is 0 Å². The standard InChI is InChI=1S/C29H27NO5S/c1-4-34-22-16-14-21(15-17-22)26-19(2)36-28(27(26)29(32)33-3)30-25(31)18-35-24-13-9-8-12-23(24)20-10-6-5-7-11-20/h5-17H,4,18H2,1-3H3,(H,30,31). The number of esters is 1. The average molecular weight is 502 g/mol. The predicted molar refractivity (Wildman–Crippen MR) is 143 cm³/mol. The number of para-hydroxylation sites is 1. The lowest BCUT2D eigenvalue weighted by Gasteiger charge is -2.12. The Morgan fingerprint density at radius 3 is 2.25 bits per heavy atom. The van der Waals surface area contributed by atoms with Crippen LogP contribution >= 0.6 is 11.3 Å². The summed E-state index contributed by atoms with van der Waals surface area (Å²) in [6.45, 7) is 4.19. The van der Waals surface area contributed by atoms with Crippen LogP contribution in [0.4, 0.5) is 5.00 Å². The first-order valence-corrected chi connectivity index (χ1v) is 12.4. The van der Waals surface area contributed by atoms with Crippen LogP contribution in [0.2, 0.25) is 0 Å². The highest BCUT2D eigenvalue weighted by Crippen LogP contribution is 2.41. The molecule has 4 rings (SSSR count). The second-order valence-corrected chi connectivity index (χ2v) is 9.11. The van der Waals surface area contributed by atoms with Gasteiger partial charge in [0.15, 0.2) is 6.61 Å². The first kappa shape index (κ1) is 25.0. The van der Waals surface area contributed by atoms with E-state index in [1.807, 2.05) is 92.7 Å². The third-order valence-corrected chi connectivity index (χ3v) is 6.53. The van der Waals surface area contributed by atoms with Crippen molar-refractivity contribution in [3.8, 4) is 33.8 Å². The number of rotatable bonds is 9. The topological polar surface area (TPSA) is 73.9 Å². The van der Waals surface area contributed by atoms with Crippen molar-refractivity contribution in [2.75, 3.05) is 25.6 Å². The van der Waals surface area contributed by atoms with Gasteiger partial charge in [-0.25, -0.2) is 4.79 Å². The number of thiophene rings is 1. The molecule has 0 saturated carbocycles. The number of carbonyl (C=O) groups excluding carboxylic acids is 2. The maximum absolute atomic E-state index is 12.9. The van der Waals surface area contributed by atoms with Gasteiger partial charge in [-0.3, -0.25) is 4.79 Å². The molecule has 0 fully saturated rings. The van der Waals surface area contributed by atoms with Crippen LogP contribution in [0.1, 0.15) is 22.2 Å². The van der Waals surface area contributed by atoms with Crippen LogP contribution in [0.5, 0.6) is 11.5 Å². The molecule has 0 aliphatic heterocycles. The molecule has 1 N–H and O–H groups in total. The van der Waals surface area contributed by atoms with Gasteiger partial charge < -0.3 is 19.5 Å². The van der Waals surface area contributed by atoms with Crippen LogP contribution in [0.3, 0.4) is 0 Å². The minimum absolute atomic E-state index is 0.209. The van der Waals surface area contributed by atoms with E-state index in [0.717, 1.165) is 32.9 Å². The van der Waals surface area contributed by atoms with Crippen molar-refractivity contribution in [1.29, 1.82) is 0 Å². The molecule has 6 nitrogen and oxygen atoms in total. The van der Waals surface area contributed by atoms with E-state index in [2.05, 4.69) is 5.32 Å². The Hall–Kier alpha value is -4.10. The number of hydrogen-bond acceptors (Lipinski definition) is 6. The fourth-order valence-electron chi connectivity index (χ4n) is 3.92. The highest BCUT2D eigenvalue weighted by molar-refractivity contribution is 7.17. The van der Waals surface area contributed by atoms with Crippen LogP contribution in [0.15, 0.2) is 78.9 Å². The van der Waals surface area contributed by atoms with Gasteiger partial charge in [0.05, 0.1) is 13.7 Å². The lowest BCUT2D eigenvalue weighted by Crippen LogP contribution is -2.21. The summed E-state index contributed by atoms with van der Waals surface area (Å²) in [6, 6.07) is 24.9. The number of carbonyl (C=O) groups is 2. The summed E-state index contributed by atoms with van der Waals surface area (Å²) < 4.78 is 16.4. The monoisotopic (exact) mass is 501 g/mol. The molecule has 1 heterocycles. The van der Waals surface area contributed by atoms with E-state index in [9.17, 15) is 9.59 Å². The third kappa shape index (κ3) is 5.58. The van der Waals surface area contributed by atoms with Crippen molar-refractivity contribution < 1.29 is 23.8 Å². The predicted octanol–water partition coefficient (Wildman–Crippen LogP) is 6.59. The van der Waals surface area contributed by atoms with Crippen molar-refractivity contribution in [2.45, 2.75) is 13.8 Å². The average Bonchev–Trinajstić information content (AvgIpc) is 3.23. The van der Waals surface area contributed by atoms with Crippen molar-refractivity contribution in [3.63, 3.8) is 0 Å². The molecule has 0 spiro atoms. The normalized spacial score (nSPS) is 10.5. The van der Waals surface area contributed by atoms with Gasteiger partial charge >= 0.3 is 5.97 Å². The number of nitrogens with one attached hydrogen (secondary N) is 1. The van der Waals surface area contributed by atoms with Gasteiger partial charge in [-0.2, -0.15) is 0 Å². The van der Waals surface area contributed by atoms with Crippen molar-refractivity contribution >= 4 is 28.2 Å². The Kier molecular flexibility index (Phi) is 8.02. The Labute approximate surface area is 214 Å². The summed E-state index contributed by atoms with van der Waals surface area (Å²) in [5.74, 6) is 0.455. The van der Waals surface area contributed by atoms with Gasteiger partial charge in [0, 0.05) is 16.0 Å². The van der Waals surface area contributed by atoms with E-state index in [1.165, 1.54) is 18.4 Å². The molecule has 7 heteroatoms. The SMILES string of the molecule is CCOc1ccc(-c2c(C)sc(NC(=O)COc3ccccc3-c3ccccc3)c2C(=O)OC)cc1. The summed E-state index contributed by atoms with van der Waals surface area (Å²) in [5.41, 5.74) is 3.77. The summed E-state index contributed by atoms with van der Waals surface area (Å²) in [5, 5.41) is 3.27. The molecule has 0 bridgehead atoms. The van der Waals surface area contributed by atoms with Gasteiger partial charge in [-0.05, 0) is 43.2 Å². The number of aryl methyl sites for hydroxylation is 1. The zero-order valence-corrected chi connectivity index (χ0v) is 21.2. The Morgan fingerprint density at radius 2 is 1.56 bits per heavy atom. The zero-order chi connectivity index (χ0) is 25.5. The Balaban J connectivity index is 1.55. The Bertz CT molecular complexity index is 1350. The van der Waals surface area contributed by atoms with E-state index in [0.29, 0.717) is 22.9 Å². The van der Waals surface area contributed by atoms with Crippen molar-refractivity contribution in [3.05, 3.63) is 89.3 Å². The number of anilines is 1.